The summed E-state index contributed by atoms with van der Waals surface area (Å²) in [5.74, 6) is -0.488. The highest BCUT2D eigenvalue weighted by molar-refractivity contribution is 5.81. The van der Waals surface area contributed by atoms with E-state index in [1.54, 1.807) is 6.07 Å². The Morgan fingerprint density at radius 1 is 0.684 bits per heavy atom. The van der Waals surface area contributed by atoms with Crippen LogP contribution in [0.15, 0.2) is 18.2 Å². The maximum atomic E-state index is 12.9. The topological polar surface area (TPSA) is 57.5 Å². The molecule has 0 spiro atoms. The van der Waals surface area contributed by atoms with Gasteiger partial charge in [0.25, 0.3) is 0 Å². The van der Waals surface area contributed by atoms with Crippen molar-refractivity contribution in [3.8, 4) is 5.75 Å². The number of phenolic OH excluding ortho intramolecular Hbond substituents is 1. The van der Waals surface area contributed by atoms with Crippen LogP contribution in [-0.2, 0) is 15.6 Å². The van der Waals surface area contributed by atoms with E-state index in [0.29, 0.717) is 12.8 Å². The molecule has 0 radical (unpaired) electrons. The van der Waals surface area contributed by atoms with Crippen LogP contribution >= 0.6 is 0 Å². The molecule has 2 N–H and O–H groups in total. The molecule has 0 aliphatic carbocycles. The molecule has 1 atom stereocenters. The zero-order chi connectivity index (χ0) is 28.7. The van der Waals surface area contributed by atoms with Crippen LogP contribution in [0.25, 0.3) is 0 Å². The summed E-state index contributed by atoms with van der Waals surface area (Å²) >= 11 is 0. The van der Waals surface area contributed by atoms with Crippen molar-refractivity contribution in [2.75, 3.05) is 0 Å². The first kappa shape index (κ1) is 34.5. The smallest absolute Gasteiger partial charge is 0.314 e. The van der Waals surface area contributed by atoms with Gasteiger partial charge in [-0.1, -0.05) is 163 Å². The second kappa shape index (κ2) is 17.2. The number of unbranched alkanes of at least 4 members (excludes halogenated alkanes) is 15. The number of aliphatic carboxylic acids is 1. The quantitative estimate of drug-likeness (QED) is 0.165. The Hall–Kier alpha value is -1.51. The van der Waals surface area contributed by atoms with Crippen LogP contribution in [0.5, 0.6) is 5.75 Å². The van der Waals surface area contributed by atoms with Gasteiger partial charge in [-0.05, 0) is 40.9 Å². The Labute approximate surface area is 236 Å². The number of benzene rings is 1. The van der Waals surface area contributed by atoms with Gasteiger partial charge in [0, 0.05) is 0 Å². The lowest BCUT2D eigenvalue weighted by atomic mass is 9.66. The van der Waals surface area contributed by atoms with E-state index >= 15 is 0 Å². The van der Waals surface area contributed by atoms with Crippen LogP contribution in [0, 0.1) is 5.41 Å². The molecule has 3 heteroatoms. The summed E-state index contributed by atoms with van der Waals surface area (Å²) in [7, 11) is 0. The molecule has 1 aromatic carbocycles. The van der Waals surface area contributed by atoms with Crippen molar-refractivity contribution in [2.24, 2.45) is 5.41 Å². The molecule has 1 rings (SSSR count). The highest BCUT2D eigenvalue weighted by Crippen LogP contribution is 2.44. The van der Waals surface area contributed by atoms with E-state index < -0.39 is 11.4 Å². The van der Waals surface area contributed by atoms with Gasteiger partial charge in [0.2, 0.25) is 0 Å². The molecular formula is C35H62O3. The zero-order valence-corrected chi connectivity index (χ0v) is 26.3. The molecule has 220 valence electrons. The third kappa shape index (κ3) is 13.0. The summed E-state index contributed by atoms with van der Waals surface area (Å²) in [5.41, 5.74) is 0.361. The number of carboxylic acid groups (broad SMARTS) is 1. The predicted octanol–water partition coefficient (Wildman–Crippen LogP) is 11.1. The monoisotopic (exact) mass is 530 g/mol. The average Bonchev–Trinajstić information content (AvgIpc) is 2.81. The van der Waals surface area contributed by atoms with Gasteiger partial charge >= 0.3 is 5.97 Å². The van der Waals surface area contributed by atoms with Crippen molar-refractivity contribution in [2.45, 2.75) is 175 Å². The van der Waals surface area contributed by atoms with Crippen molar-refractivity contribution in [1.29, 1.82) is 0 Å². The fraction of sp³-hybridized carbons (Fsp3) is 0.800. The van der Waals surface area contributed by atoms with Crippen LogP contribution in [-0.4, -0.2) is 16.2 Å². The van der Waals surface area contributed by atoms with Crippen molar-refractivity contribution < 1.29 is 15.0 Å². The van der Waals surface area contributed by atoms with Crippen molar-refractivity contribution in [3.63, 3.8) is 0 Å². The van der Waals surface area contributed by atoms with Crippen LogP contribution in [0.4, 0.5) is 0 Å². The first-order valence-electron chi connectivity index (χ1n) is 15.9. The Balaban J connectivity index is 2.51. The van der Waals surface area contributed by atoms with Gasteiger partial charge in [0.1, 0.15) is 5.75 Å². The molecule has 0 heterocycles. The number of rotatable bonds is 20. The predicted molar refractivity (Wildman–Crippen MR) is 164 cm³/mol. The van der Waals surface area contributed by atoms with Crippen LogP contribution in [0.1, 0.15) is 175 Å². The molecule has 0 saturated heterocycles. The molecule has 3 nitrogen and oxygen atoms in total. The van der Waals surface area contributed by atoms with Gasteiger partial charge in [-0.25, -0.2) is 0 Å². The van der Waals surface area contributed by atoms with E-state index in [1.165, 1.54) is 89.9 Å². The van der Waals surface area contributed by atoms with Crippen molar-refractivity contribution in [1.82, 2.24) is 0 Å². The van der Waals surface area contributed by atoms with Crippen molar-refractivity contribution in [3.05, 3.63) is 29.3 Å². The maximum absolute atomic E-state index is 12.9. The minimum Gasteiger partial charge on any atom is -0.508 e. The van der Waals surface area contributed by atoms with Gasteiger partial charge < -0.3 is 10.2 Å². The second-order valence-electron chi connectivity index (χ2n) is 14.2. The molecule has 0 aromatic heterocycles. The SMILES string of the molecule is CCCCCCCCCCCCCCCCCCC(CC(C)(C)C)(C(=O)O)c1ccc(O)c(C(C)(C)C)c1. The van der Waals surface area contributed by atoms with E-state index in [4.69, 9.17) is 0 Å². The lowest BCUT2D eigenvalue weighted by Gasteiger charge is -2.37. The van der Waals surface area contributed by atoms with Gasteiger partial charge in [0.15, 0.2) is 0 Å². The molecule has 0 amide bonds. The number of hydrogen-bond donors (Lipinski definition) is 2. The van der Waals surface area contributed by atoms with Crippen LogP contribution < -0.4 is 0 Å². The number of carbonyl (C=O) groups is 1. The lowest BCUT2D eigenvalue weighted by Crippen LogP contribution is -2.40. The van der Waals surface area contributed by atoms with E-state index in [0.717, 1.165) is 24.0 Å². The summed E-state index contributed by atoms with van der Waals surface area (Å²) in [6.45, 7) is 14.9. The van der Waals surface area contributed by atoms with E-state index in [9.17, 15) is 15.0 Å². The Bertz CT molecular complexity index is 783. The largest absolute Gasteiger partial charge is 0.508 e. The van der Waals surface area contributed by atoms with Gasteiger partial charge in [-0.15, -0.1) is 0 Å². The normalized spacial score (nSPS) is 14.0. The van der Waals surface area contributed by atoms with Gasteiger partial charge in [-0.2, -0.15) is 0 Å². The summed E-state index contributed by atoms with van der Waals surface area (Å²) in [6, 6.07) is 5.50. The molecule has 0 aliphatic heterocycles. The molecule has 0 fully saturated rings. The van der Waals surface area contributed by atoms with Gasteiger partial charge in [0.05, 0.1) is 5.41 Å². The Morgan fingerprint density at radius 3 is 1.47 bits per heavy atom. The first-order valence-corrected chi connectivity index (χ1v) is 15.9. The van der Waals surface area contributed by atoms with E-state index in [-0.39, 0.29) is 16.6 Å². The summed E-state index contributed by atoms with van der Waals surface area (Å²) in [5, 5.41) is 21.1. The zero-order valence-electron chi connectivity index (χ0n) is 26.3. The van der Waals surface area contributed by atoms with Gasteiger partial charge in [-0.3, -0.25) is 4.79 Å². The molecule has 38 heavy (non-hydrogen) atoms. The molecule has 0 aliphatic rings. The fourth-order valence-electron chi connectivity index (χ4n) is 5.96. The first-order chi connectivity index (χ1) is 17.8. The number of phenols is 1. The second-order valence-corrected chi connectivity index (χ2v) is 14.2. The Morgan fingerprint density at radius 2 is 1.11 bits per heavy atom. The average molecular weight is 531 g/mol. The minimum atomic E-state index is -0.929. The molecule has 1 unspecified atom stereocenters. The minimum absolute atomic E-state index is 0.118. The lowest BCUT2D eigenvalue weighted by molar-refractivity contribution is -0.145. The third-order valence-corrected chi connectivity index (χ3v) is 8.06. The molecular weight excluding hydrogens is 468 g/mol. The number of hydrogen-bond acceptors (Lipinski definition) is 2. The summed E-state index contributed by atoms with van der Waals surface area (Å²) in [6.07, 6.45) is 22.3. The third-order valence-electron chi connectivity index (χ3n) is 8.06. The molecule has 0 saturated carbocycles. The fourth-order valence-corrected chi connectivity index (χ4v) is 5.96. The summed E-state index contributed by atoms with van der Waals surface area (Å²) in [4.78, 5) is 12.9. The summed E-state index contributed by atoms with van der Waals surface area (Å²) < 4.78 is 0. The molecule has 1 aromatic rings. The van der Waals surface area contributed by atoms with E-state index in [2.05, 4.69) is 48.5 Å². The van der Waals surface area contributed by atoms with Crippen LogP contribution in [0.2, 0.25) is 0 Å². The van der Waals surface area contributed by atoms with E-state index in [1.807, 2.05) is 12.1 Å². The number of aromatic hydroxyl groups is 1. The highest BCUT2D eigenvalue weighted by atomic mass is 16.4. The highest BCUT2D eigenvalue weighted by Gasteiger charge is 2.43. The maximum Gasteiger partial charge on any atom is 0.314 e. The standard InChI is InChI=1S/C35H62O3/c1-8-9-10-11-12-13-14-15-16-17-18-19-20-21-22-23-26-35(32(37)38,28-33(2,3)4)29-24-25-31(36)30(27-29)34(5,6)7/h24-25,27,36H,8-23,26,28H2,1-7H3,(H,37,38). The van der Waals surface area contributed by atoms with Crippen LogP contribution in [0.3, 0.4) is 0 Å². The molecule has 0 bridgehead atoms. The Kier molecular flexibility index (Phi) is 15.7. The van der Waals surface area contributed by atoms with Crippen molar-refractivity contribution >= 4 is 5.97 Å². The number of carboxylic acids is 1.